The van der Waals surface area contributed by atoms with Crippen molar-refractivity contribution in [1.82, 2.24) is 0 Å². The zero-order chi connectivity index (χ0) is 23.7. The van der Waals surface area contributed by atoms with E-state index in [1.54, 1.807) is 0 Å². The zero-order valence-corrected chi connectivity index (χ0v) is 20.9. The molecule has 0 aliphatic carbocycles. The van der Waals surface area contributed by atoms with Gasteiger partial charge in [-0.25, -0.2) is 0 Å². The van der Waals surface area contributed by atoms with Crippen LogP contribution in [0.2, 0.25) is 19.6 Å². The molecule has 0 aromatic heterocycles. The first-order valence-corrected chi connectivity index (χ1v) is 14.8. The molecular weight excluding hydrogens is 424 g/mol. The average molecular weight is 457 g/mol. The summed E-state index contributed by atoms with van der Waals surface area (Å²) >= 11 is 0. The van der Waals surface area contributed by atoms with E-state index in [9.17, 15) is 4.79 Å². The summed E-state index contributed by atoms with van der Waals surface area (Å²) in [4.78, 5) is 11.7. The number of hydrogen-bond donors (Lipinski definition) is 0. The zero-order valence-electron chi connectivity index (χ0n) is 19.9. The molecule has 3 nitrogen and oxygen atoms in total. The molecule has 33 heavy (non-hydrogen) atoms. The van der Waals surface area contributed by atoms with Crippen LogP contribution in [0.15, 0.2) is 91.0 Å². The van der Waals surface area contributed by atoms with Crippen LogP contribution in [0.1, 0.15) is 30.0 Å². The van der Waals surface area contributed by atoms with E-state index < -0.39 is 19.8 Å². The number of hydrogen-bond acceptors (Lipinski definition) is 3. The summed E-state index contributed by atoms with van der Waals surface area (Å²) in [5, 5.41) is 0. The molecule has 170 valence electrons. The minimum absolute atomic E-state index is 0.328. The fraction of sp³-hybridized carbons (Fsp3) is 0.276. The monoisotopic (exact) mass is 456 g/mol. The predicted molar refractivity (Wildman–Crippen MR) is 136 cm³/mol. The third kappa shape index (κ3) is 6.68. The van der Waals surface area contributed by atoms with E-state index >= 15 is 0 Å². The van der Waals surface area contributed by atoms with Crippen molar-refractivity contribution in [3.05, 3.63) is 108 Å². The lowest BCUT2D eigenvalue weighted by atomic mass is 9.80. The van der Waals surface area contributed by atoms with Crippen LogP contribution in [-0.2, 0) is 19.9 Å². The highest BCUT2D eigenvalue weighted by molar-refractivity contribution is 6.83. The lowest BCUT2D eigenvalue weighted by Crippen LogP contribution is -2.34. The van der Waals surface area contributed by atoms with E-state index in [0.29, 0.717) is 13.0 Å². The number of ether oxygens (including phenoxy) is 2. The Kier molecular flexibility index (Phi) is 8.27. The van der Waals surface area contributed by atoms with Crippen LogP contribution in [0.4, 0.5) is 0 Å². The largest absolute Gasteiger partial charge is 0.449 e. The van der Waals surface area contributed by atoms with Gasteiger partial charge in [-0.15, -0.1) is 5.54 Å². The second-order valence-electron chi connectivity index (χ2n) is 9.03. The van der Waals surface area contributed by atoms with Crippen molar-refractivity contribution in [3.63, 3.8) is 0 Å². The van der Waals surface area contributed by atoms with E-state index in [4.69, 9.17) is 9.47 Å². The first-order valence-electron chi connectivity index (χ1n) is 11.3. The molecule has 0 aliphatic heterocycles. The molecule has 0 saturated heterocycles. The maximum atomic E-state index is 11.7. The smallest absolute Gasteiger partial charge is 0.303 e. The quantitative estimate of drug-likeness (QED) is 0.175. The van der Waals surface area contributed by atoms with Crippen LogP contribution >= 0.6 is 0 Å². The second-order valence-corrected chi connectivity index (χ2v) is 13.8. The Labute approximate surface area is 198 Å². The topological polar surface area (TPSA) is 35.5 Å². The normalized spacial score (nSPS) is 12.4. The van der Waals surface area contributed by atoms with Gasteiger partial charge in [0.15, 0.2) is 6.10 Å². The lowest BCUT2D eigenvalue weighted by Gasteiger charge is -2.36. The van der Waals surface area contributed by atoms with Crippen molar-refractivity contribution >= 4 is 14.0 Å². The molecule has 0 fully saturated rings. The molecule has 3 aromatic rings. The van der Waals surface area contributed by atoms with Crippen LogP contribution in [0.3, 0.4) is 0 Å². The highest BCUT2D eigenvalue weighted by Crippen LogP contribution is 2.40. The molecule has 0 unspecified atom stereocenters. The SMILES string of the molecule is CC(=O)O[C@@H](C#C[Si](C)(C)C)CCOC(c1ccccc1)(c1ccccc1)c1ccccc1. The molecule has 0 aliphatic rings. The minimum atomic E-state index is -1.60. The molecule has 0 heterocycles. The third-order valence-electron chi connectivity index (χ3n) is 5.16. The summed E-state index contributed by atoms with van der Waals surface area (Å²) in [6.07, 6.45) is -0.0000601. The van der Waals surface area contributed by atoms with E-state index in [0.717, 1.165) is 16.7 Å². The van der Waals surface area contributed by atoms with Gasteiger partial charge in [-0.2, -0.15) is 0 Å². The van der Waals surface area contributed by atoms with Crippen LogP contribution in [0.5, 0.6) is 0 Å². The Morgan fingerprint density at radius 1 is 0.818 bits per heavy atom. The Hall–Kier alpha value is -3.13. The van der Waals surface area contributed by atoms with Gasteiger partial charge >= 0.3 is 5.97 Å². The fourth-order valence-electron chi connectivity index (χ4n) is 3.75. The van der Waals surface area contributed by atoms with Crippen molar-refractivity contribution < 1.29 is 14.3 Å². The van der Waals surface area contributed by atoms with Crippen LogP contribution in [-0.4, -0.2) is 26.8 Å². The van der Waals surface area contributed by atoms with Gasteiger partial charge in [-0.05, 0) is 16.7 Å². The summed E-state index contributed by atoms with van der Waals surface area (Å²) in [7, 11) is -1.60. The van der Waals surface area contributed by atoms with Crippen molar-refractivity contribution in [2.45, 2.75) is 44.7 Å². The van der Waals surface area contributed by atoms with Gasteiger partial charge < -0.3 is 9.47 Å². The maximum absolute atomic E-state index is 11.7. The van der Waals surface area contributed by atoms with Crippen molar-refractivity contribution in [2.24, 2.45) is 0 Å². The summed E-state index contributed by atoms with van der Waals surface area (Å²) in [6, 6.07) is 30.7. The van der Waals surface area contributed by atoms with Crippen LogP contribution in [0.25, 0.3) is 0 Å². The van der Waals surface area contributed by atoms with E-state index in [1.807, 2.05) is 54.6 Å². The van der Waals surface area contributed by atoms with Crippen LogP contribution < -0.4 is 0 Å². The number of benzene rings is 3. The number of esters is 1. The first kappa shape index (κ1) is 24.5. The summed E-state index contributed by atoms with van der Waals surface area (Å²) in [6.45, 7) is 8.31. The Balaban J connectivity index is 2.00. The fourth-order valence-corrected chi connectivity index (χ4v) is 4.34. The van der Waals surface area contributed by atoms with E-state index in [2.05, 4.69) is 67.5 Å². The third-order valence-corrected chi connectivity index (χ3v) is 6.05. The average Bonchev–Trinajstić information content (AvgIpc) is 2.81. The highest BCUT2D eigenvalue weighted by Gasteiger charge is 2.37. The van der Waals surface area contributed by atoms with Crippen molar-refractivity contribution in [2.75, 3.05) is 6.61 Å². The van der Waals surface area contributed by atoms with Crippen molar-refractivity contribution in [3.8, 4) is 11.5 Å². The maximum Gasteiger partial charge on any atom is 0.303 e. The predicted octanol–water partition coefficient (Wildman–Crippen LogP) is 6.20. The van der Waals surface area contributed by atoms with Gasteiger partial charge in [0.25, 0.3) is 0 Å². The first-order chi connectivity index (χ1) is 15.8. The molecule has 4 heteroatoms. The summed E-state index contributed by atoms with van der Waals surface area (Å²) in [5.41, 5.74) is 5.66. The van der Waals surface area contributed by atoms with E-state index in [1.165, 1.54) is 6.92 Å². The second kappa shape index (κ2) is 11.1. The molecule has 1 atom stereocenters. The lowest BCUT2D eigenvalue weighted by molar-refractivity contribution is -0.144. The number of carbonyl (C=O) groups is 1. The molecule has 0 amide bonds. The van der Waals surface area contributed by atoms with Gasteiger partial charge in [-0.3, -0.25) is 4.79 Å². The van der Waals surface area contributed by atoms with Crippen molar-refractivity contribution in [1.29, 1.82) is 0 Å². The van der Waals surface area contributed by atoms with Gasteiger partial charge in [-0.1, -0.05) is 117 Å². The molecule has 0 saturated carbocycles. The minimum Gasteiger partial charge on any atom is -0.449 e. The highest BCUT2D eigenvalue weighted by atomic mass is 28.3. The standard InChI is InChI=1S/C29H32O3Si/c1-24(30)32-28(21-23-33(2,3)4)20-22-31-29(25-14-8-5-9-15-25,26-16-10-6-11-17-26)27-18-12-7-13-19-27/h5-19,28H,20,22H2,1-4H3/t28-/m1/s1. The van der Waals surface area contributed by atoms with Gasteiger partial charge in [0.2, 0.25) is 0 Å². The molecule has 0 radical (unpaired) electrons. The summed E-state index contributed by atoms with van der Waals surface area (Å²) in [5.74, 6) is 2.86. The molecule has 0 spiro atoms. The molecule has 3 rings (SSSR count). The van der Waals surface area contributed by atoms with Gasteiger partial charge in [0.1, 0.15) is 13.7 Å². The Bertz CT molecular complexity index is 981. The molecule has 0 bridgehead atoms. The summed E-state index contributed by atoms with van der Waals surface area (Å²) < 4.78 is 12.3. The van der Waals surface area contributed by atoms with Crippen LogP contribution in [0, 0.1) is 11.5 Å². The van der Waals surface area contributed by atoms with Gasteiger partial charge in [0.05, 0.1) is 6.61 Å². The number of rotatable bonds is 8. The Morgan fingerprint density at radius 2 is 1.24 bits per heavy atom. The molecule has 0 N–H and O–H groups in total. The molecular formula is C29H32O3Si. The number of carbonyl (C=O) groups excluding carboxylic acids is 1. The Morgan fingerprint density at radius 3 is 1.61 bits per heavy atom. The van der Waals surface area contributed by atoms with Gasteiger partial charge in [0, 0.05) is 13.3 Å². The molecule has 3 aromatic carbocycles. The van der Waals surface area contributed by atoms with E-state index in [-0.39, 0.29) is 5.97 Å².